The zero-order valence-electron chi connectivity index (χ0n) is 16.0. The summed E-state index contributed by atoms with van der Waals surface area (Å²) in [5.74, 6) is -0.244. The van der Waals surface area contributed by atoms with Crippen molar-refractivity contribution in [1.29, 1.82) is 0 Å². The minimum Gasteiger partial charge on any atom is -0.302 e. The molecule has 0 saturated carbocycles. The Kier molecular flexibility index (Phi) is 6.46. The van der Waals surface area contributed by atoms with Crippen molar-refractivity contribution in [2.24, 2.45) is 0 Å². The monoisotopic (exact) mass is 473 g/mol. The third-order valence-corrected chi connectivity index (χ3v) is 6.67. The number of amides is 1. The summed E-state index contributed by atoms with van der Waals surface area (Å²) in [6.45, 7) is 0.291. The number of carbonyl (C=O) groups excluding carboxylic acids is 1. The number of anilines is 1. The van der Waals surface area contributed by atoms with E-state index in [0.29, 0.717) is 17.8 Å². The second-order valence-electron chi connectivity index (χ2n) is 6.50. The molecule has 0 spiro atoms. The van der Waals surface area contributed by atoms with Gasteiger partial charge in [-0.2, -0.15) is 0 Å². The maximum absolute atomic E-state index is 13.3. The van der Waals surface area contributed by atoms with Gasteiger partial charge in [0.15, 0.2) is 0 Å². The molecule has 0 atom stereocenters. The van der Waals surface area contributed by atoms with Crippen LogP contribution in [0.2, 0.25) is 0 Å². The Morgan fingerprint density at radius 2 is 1.62 bits per heavy atom. The first-order chi connectivity index (χ1) is 13.8. The minimum atomic E-state index is -3.55. The van der Waals surface area contributed by atoms with Crippen molar-refractivity contribution < 1.29 is 13.2 Å². The Labute approximate surface area is 179 Å². The van der Waals surface area contributed by atoms with Gasteiger partial charge in [0.25, 0.3) is 5.91 Å². The van der Waals surface area contributed by atoms with Crippen LogP contribution in [0.5, 0.6) is 0 Å². The highest BCUT2D eigenvalue weighted by atomic mass is 79.9. The number of rotatable bonds is 6. The predicted octanol–water partition coefficient (Wildman–Crippen LogP) is 3.94. The summed E-state index contributed by atoms with van der Waals surface area (Å²) in [4.78, 5) is 19.3. The molecule has 3 aromatic rings. The number of hydrogen-bond donors (Lipinski definition) is 0. The van der Waals surface area contributed by atoms with Gasteiger partial charge in [-0.25, -0.2) is 12.7 Å². The largest absolute Gasteiger partial charge is 0.302 e. The van der Waals surface area contributed by atoms with Crippen LogP contribution in [0.1, 0.15) is 16.1 Å². The lowest BCUT2D eigenvalue weighted by atomic mass is 10.1. The van der Waals surface area contributed by atoms with Gasteiger partial charge >= 0.3 is 0 Å². The van der Waals surface area contributed by atoms with Crippen molar-refractivity contribution in [3.63, 3.8) is 0 Å². The summed E-state index contributed by atoms with van der Waals surface area (Å²) >= 11 is 3.40. The van der Waals surface area contributed by atoms with Gasteiger partial charge in [0, 0.05) is 36.0 Å². The average molecular weight is 474 g/mol. The highest BCUT2D eigenvalue weighted by Crippen LogP contribution is 2.23. The molecule has 6 nitrogen and oxygen atoms in total. The summed E-state index contributed by atoms with van der Waals surface area (Å²) in [6.07, 6.45) is 1.68. The Morgan fingerprint density at radius 1 is 0.966 bits per heavy atom. The van der Waals surface area contributed by atoms with Gasteiger partial charge in [-0.1, -0.05) is 22.0 Å². The standard InChI is InChI=1S/C21H20BrN3O3S/c1-24(2)29(27,28)20-12-6-16(7-13-20)21(26)25(15-18-5-3-4-14-23-18)19-10-8-17(22)9-11-19/h3-14H,15H2,1-2H3. The third kappa shape index (κ3) is 4.90. The van der Waals surface area contributed by atoms with Crippen LogP contribution in [0.3, 0.4) is 0 Å². The van der Waals surface area contributed by atoms with Crippen LogP contribution in [-0.4, -0.2) is 37.7 Å². The molecule has 1 aromatic heterocycles. The van der Waals surface area contributed by atoms with Crippen LogP contribution in [-0.2, 0) is 16.6 Å². The smallest absolute Gasteiger partial charge is 0.258 e. The molecule has 0 saturated heterocycles. The average Bonchev–Trinajstić information content (AvgIpc) is 2.73. The van der Waals surface area contributed by atoms with E-state index in [9.17, 15) is 13.2 Å². The lowest BCUT2D eigenvalue weighted by Crippen LogP contribution is -2.31. The topological polar surface area (TPSA) is 70.6 Å². The van der Waals surface area contributed by atoms with Crippen molar-refractivity contribution in [1.82, 2.24) is 9.29 Å². The Hall–Kier alpha value is -2.55. The van der Waals surface area contributed by atoms with Gasteiger partial charge in [0.1, 0.15) is 0 Å². The summed E-state index contributed by atoms with van der Waals surface area (Å²) in [6, 6.07) is 18.9. The molecule has 1 amide bonds. The van der Waals surface area contributed by atoms with Gasteiger partial charge in [0.05, 0.1) is 17.1 Å². The summed E-state index contributed by atoms with van der Waals surface area (Å²) in [5, 5.41) is 0. The van der Waals surface area contributed by atoms with Crippen molar-refractivity contribution in [3.8, 4) is 0 Å². The molecule has 0 aliphatic heterocycles. The number of pyridine rings is 1. The van der Waals surface area contributed by atoms with E-state index < -0.39 is 10.0 Å². The maximum Gasteiger partial charge on any atom is 0.258 e. The molecule has 0 radical (unpaired) electrons. The highest BCUT2D eigenvalue weighted by Gasteiger charge is 2.21. The summed E-state index contributed by atoms with van der Waals surface area (Å²) in [5.41, 5.74) is 1.85. The van der Waals surface area contributed by atoms with Crippen LogP contribution < -0.4 is 4.90 Å². The van der Waals surface area contributed by atoms with E-state index in [1.165, 1.54) is 38.4 Å². The van der Waals surface area contributed by atoms with Crippen molar-refractivity contribution in [2.75, 3.05) is 19.0 Å². The van der Waals surface area contributed by atoms with E-state index in [-0.39, 0.29) is 10.8 Å². The predicted molar refractivity (Wildman–Crippen MR) is 116 cm³/mol. The molecule has 0 bridgehead atoms. The lowest BCUT2D eigenvalue weighted by molar-refractivity contribution is 0.0984. The van der Waals surface area contributed by atoms with Gasteiger partial charge in [-0.15, -0.1) is 0 Å². The molecule has 8 heteroatoms. The number of benzene rings is 2. The van der Waals surface area contributed by atoms with Crippen LogP contribution >= 0.6 is 15.9 Å². The van der Waals surface area contributed by atoms with Crippen molar-refractivity contribution in [2.45, 2.75) is 11.4 Å². The second kappa shape index (κ2) is 8.86. The molecule has 0 unspecified atom stereocenters. The van der Waals surface area contributed by atoms with E-state index in [2.05, 4.69) is 20.9 Å². The maximum atomic E-state index is 13.3. The fraction of sp³-hybridized carbons (Fsp3) is 0.143. The van der Waals surface area contributed by atoms with E-state index in [0.717, 1.165) is 14.5 Å². The Balaban J connectivity index is 1.95. The Bertz CT molecular complexity index is 1080. The number of sulfonamides is 1. The van der Waals surface area contributed by atoms with Crippen LogP contribution in [0, 0.1) is 0 Å². The molecule has 3 rings (SSSR count). The third-order valence-electron chi connectivity index (χ3n) is 4.31. The first-order valence-electron chi connectivity index (χ1n) is 8.79. The number of nitrogens with zero attached hydrogens (tertiary/aromatic N) is 3. The first kappa shape index (κ1) is 21.2. The van der Waals surface area contributed by atoms with E-state index in [1.807, 2.05) is 42.5 Å². The van der Waals surface area contributed by atoms with Crippen molar-refractivity contribution in [3.05, 3.63) is 88.7 Å². The number of carbonyl (C=O) groups is 1. The zero-order valence-corrected chi connectivity index (χ0v) is 18.4. The fourth-order valence-corrected chi connectivity index (χ4v) is 3.86. The fourth-order valence-electron chi connectivity index (χ4n) is 2.69. The van der Waals surface area contributed by atoms with Gasteiger partial charge < -0.3 is 4.90 Å². The first-order valence-corrected chi connectivity index (χ1v) is 11.0. The molecular formula is C21H20BrN3O3S. The summed E-state index contributed by atoms with van der Waals surface area (Å²) < 4.78 is 26.6. The number of halogens is 1. The molecule has 0 fully saturated rings. The van der Waals surface area contributed by atoms with Crippen LogP contribution in [0.25, 0.3) is 0 Å². The quantitative estimate of drug-likeness (QED) is 0.543. The van der Waals surface area contributed by atoms with E-state index in [1.54, 1.807) is 11.1 Å². The molecular weight excluding hydrogens is 454 g/mol. The number of hydrogen-bond acceptors (Lipinski definition) is 4. The van der Waals surface area contributed by atoms with Crippen LogP contribution in [0.4, 0.5) is 5.69 Å². The molecule has 0 N–H and O–H groups in total. The molecule has 150 valence electrons. The number of aromatic nitrogens is 1. The molecule has 0 aliphatic rings. The Morgan fingerprint density at radius 3 is 2.17 bits per heavy atom. The van der Waals surface area contributed by atoms with Gasteiger partial charge in [-0.05, 0) is 60.7 Å². The minimum absolute atomic E-state index is 0.138. The zero-order chi connectivity index (χ0) is 21.0. The van der Waals surface area contributed by atoms with Crippen molar-refractivity contribution >= 4 is 37.5 Å². The highest BCUT2D eigenvalue weighted by molar-refractivity contribution is 9.10. The molecule has 29 heavy (non-hydrogen) atoms. The van der Waals surface area contributed by atoms with E-state index in [4.69, 9.17) is 0 Å². The van der Waals surface area contributed by atoms with Gasteiger partial charge in [-0.3, -0.25) is 9.78 Å². The SMILES string of the molecule is CN(C)S(=O)(=O)c1ccc(C(=O)N(Cc2ccccn2)c2ccc(Br)cc2)cc1. The summed E-state index contributed by atoms with van der Waals surface area (Å²) in [7, 11) is -0.614. The second-order valence-corrected chi connectivity index (χ2v) is 9.57. The normalized spacial score (nSPS) is 11.4. The lowest BCUT2D eigenvalue weighted by Gasteiger charge is -2.23. The molecule has 1 heterocycles. The molecule has 2 aromatic carbocycles. The van der Waals surface area contributed by atoms with Gasteiger partial charge in [0.2, 0.25) is 10.0 Å². The van der Waals surface area contributed by atoms with Crippen LogP contribution in [0.15, 0.2) is 82.3 Å². The molecule has 0 aliphatic carbocycles. The van der Waals surface area contributed by atoms with E-state index >= 15 is 0 Å².